The fourth-order valence-corrected chi connectivity index (χ4v) is 1.99. The van der Waals surface area contributed by atoms with Crippen molar-refractivity contribution in [1.82, 2.24) is 9.97 Å². The number of aromatic nitrogens is 2. The lowest BCUT2D eigenvalue weighted by Gasteiger charge is -2.22. The molecule has 13 heavy (non-hydrogen) atoms. The summed E-state index contributed by atoms with van der Waals surface area (Å²) in [6, 6.07) is 0. The molecule has 0 N–H and O–H groups in total. The smallest absolute Gasteiger partial charge is 0.115 e. The minimum absolute atomic E-state index is 0.158. The van der Waals surface area contributed by atoms with E-state index in [9.17, 15) is 0 Å². The van der Waals surface area contributed by atoms with Crippen LogP contribution in [0.2, 0.25) is 0 Å². The van der Waals surface area contributed by atoms with Gasteiger partial charge in [-0.1, -0.05) is 0 Å². The third-order valence-electron chi connectivity index (χ3n) is 2.18. The van der Waals surface area contributed by atoms with Crippen molar-refractivity contribution >= 4 is 15.9 Å². The zero-order chi connectivity index (χ0) is 9.10. The molecule has 0 saturated carbocycles. The van der Waals surface area contributed by atoms with Crippen molar-refractivity contribution in [3.63, 3.8) is 0 Å². The predicted molar refractivity (Wildman–Crippen MR) is 52.3 cm³/mol. The summed E-state index contributed by atoms with van der Waals surface area (Å²) in [7, 11) is 0. The van der Waals surface area contributed by atoms with Gasteiger partial charge in [0.1, 0.15) is 12.4 Å². The van der Waals surface area contributed by atoms with Crippen LogP contribution in [0.4, 0.5) is 0 Å². The van der Waals surface area contributed by atoms with Crippen LogP contribution in [0.1, 0.15) is 31.1 Å². The Kier molecular flexibility index (Phi) is 2.90. The molecular weight excluding hydrogens is 232 g/mol. The standard InChI is InChI=1S/C9H11BrN2O/c10-7-5-11-6-12-9(7)8-3-1-2-4-13-8/h5-6,8H,1-4H2/t8-/m0/s1. The summed E-state index contributed by atoms with van der Waals surface area (Å²) in [5.74, 6) is 0. The minimum Gasteiger partial charge on any atom is -0.372 e. The monoisotopic (exact) mass is 242 g/mol. The van der Waals surface area contributed by atoms with E-state index in [0.29, 0.717) is 0 Å². The highest BCUT2D eigenvalue weighted by Gasteiger charge is 2.19. The van der Waals surface area contributed by atoms with Gasteiger partial charge >= 0.3 is 0 Å². The van der Waals surface area contributed by atoms with E-state index in [1.54, 1.807) is 12.5 Å². The first-order valence-corrected chi connectivity index (χ1v) is 5.24. The summed E-state index contributed by atoms with van der Waals surface area (Å²) in [5.41, 5.74) is 0.981. The third kappa shape index (κ3) is 2.06. The molecule has 0 bridgehead atoms. The molecule has 0 aliphatic carbocycles. The second kappa shape index (κ2) is 4.15. The highest BCUT2D eigenvalue weighted by Crippen LogP contribution is 2.30. The van der Waals surface area contributed by atoms with Crippen molar-refractivity contribution in [3.05, 3.63) is 22.7 Å². The first kappa shape index (κ1) is 9.09. The van der Waals surface area contributed by atoms with E-state index in [0.717, 1.165) is 23.2 Å². The maximum atomic E-state index is 5.62. The molecule has 70 valence electrons. The molecule has 4 heteroatoms. The van der Waals surface area contributed by atoms with Gasteiger partial charge in [-0.3, -0.25) is 0 Å². The second-order valence-electron chi connectivity index (χ2n) is 3.11. The van der Waals surface area contributed by atoms with E-state index in [1.807, 2.05) is 0 Å². The van der Waals surface area contributed by atoms with Crippen LogP contribution in [0.3, 0.4) is 0 Å². The van der Waals surface area contributed by atoms with E-state index in [1.165, 1.54) is 12.8 Å². The molecule has 0 amide bonds. The molecule has 0 spiro atoms. The quantitative estimate of drug-likeness (QED) is 0.760. The van der Waals surface area contributed by atoms with Crippen LogP contribution in [0, 0.1) is 0 Å². The molecular formula is C9H11BrN2O. The Morgan fingerprint density at radius 1 is 1.46 bits per heavy atom. The molecule has 0 aromatic carbocycles. The lowest BCUT2D eigenvalue weighted by molar-refractivity contribution is 0.0117. The number of ether oxygens (including phenoxy) is 1. The van der Waals surface area contributed by atoms with Gasteiger partial charge < -0.3 is 4.74 Å². The van der Waals surface area contributed by atoms with Crippen molar-refractivity contribution in [2.75, 3.05) is 6.61 Å². The van der Waals surface area contributed by atoms with Crippen molar-refractivity contribution in [2.45, 2.75) is 25.4 Å². The van der Waals surface area contributed by atoms with Crippen LogP contribution in [0.25, 0.3) is 0 Å². The number of rotatable bonds is 1. The Bertz CT molecular complexity index is 287. The summed E-state index contributed by atoms with van der Waals surface area (Å²) in [6.45, 7) is 0.848. The second-order valence-corrected chi connectivity index (χ2v) is 3.97. The number of nitrogens with zero attached hydrogens (tertiary/aromatic N) is 2. The van der Waals surface area contributed by atoms with E-state index >= 15 is 0 Å². The maximum Gasteiger partial charge on any atom is 0.115 e. The van der Waals surface area contributed by atoms with Crippen LogP contribution in [0.15, 0.2) is 17.0 Å². The Hall–Kier alpha value is -0.480. The van der Waals surface area contributed by atoms with Crippen molar-refractivity contribution in [2.24, 2.45) is 0 Å². The van der Waals surface area contributed by atoms with Gasteiger partial charge in [0, 0.05) is 12.8 Å². The summed E-state index contributed by atoms with van der Waals surface area (Å²) in [4.78, 5) is 8.15. The normalized spacial score (nSPS) is 23.0. The lowest BCUT2D eigenvalue weighted by atomic mass is 10.1. The highest BCUT2D eigenvalue weighted by atomic mass is 79.9. The molecule has 0 unspecified atom stereocenters. The first-order chi connectivity index (χ1) is 6.38. The average molecular weight is 243 g/mol. The first-order valence-electron chi connectivity index (χ1n) is 4.45. The van der Waals surface area contributed by atoms with E-state index in [2.05, 4.69) is 25.9 Å². The molecule has 1 atom stereocenters. The van der Waals surface area contributed by atoms with Crippen molar-refractivity contribution in [1.29, 1.82) is 0 Å². The summed E-state index contributed by atoms with van der Waals surface area (Å²) < 4.78 is 6.57. The van der Waals surface area contributed by atoms with Gasteiger partial charge in [-0.25, -0.2) is 9.97 Å². The SMILES string of the molecule is Brc1cncnc1[C@@H]1CCCCO1. The molecule has 2 rings (SSSR count). The predicted octanol–water partition coefficient (Wildman–Crippen LogP) is 2.48. The fourth-order valence-electron chi connectivity index (χ4n) is 1.52. The van der Waals surface area contributed by atoms with Crippen LogP contribution in [-0.2, 0) is 4.74 Å². The lowest BCUT2D eigenvalue weighted by Crippen LogP contribution is -2.13. The topological polar surface area (TPSA) is 35.0 Å². The Labute approximate surface area is 85.7 Å². The molecule has 3 nitrogen and oxygen atoms in total. The van der Waals surface area contributed by atoms with Gasteiger partial charge in [0.05, 0.1) is 10.2 Å². The van der Waals surface area contributed by atoms with E-state index in [-0.39, 0.29) is 6.10 Å². The Morgan fingerprint density at radius 2 is 2.38 bits per heavy atom. The number of hydrogen-bond donors (Lipinski definition) is 0. The van der Waals surface area contributed by atoms with Crippen LogP contribution >= 0.6 is 15.9 Å². The number of halogens is 1. The van der Waals surface area contributed by atoms with Gasteiger partial charge in [0.2, 0.25) is 0 Å². The van der Waals surface area contributed by atoms with Gasteiger partial charge in [-0.05, 0) is 35.2 Å². The van der Waals surface area contributed by atoms with Crippen molar-refractivity contribution < 1.29 is 4.74 Å². The molecule has 1 saturated heterocycles. The van der Waals surface area contributed by atoms with Gasteiger partial charge in [-0.2, -0.15) is 0 Å². The van der Waals surface area contributed by atoms with Crippen LogP contribution in [-0.4, -0.2) is 16.6 Å². The molecule has 1 aromatic rings. The van der Waals surface area contributed by atoms with Crippen LogP contribution in [0.5, 0.6) is 0 Å². The fraction of sp³-hybridized carbons (Fsp3) is 0.556. The van der Waals surface area contributed by atoms with Gasteiger partial charge in [0.15, 0.2) is 0 Å². The van der Waals surface area contributed by atoms with E-state index < -0.39 is 0 Å². The summed E-state index contributed by atoms with van der Waals surface area (Å²) in [6.07, 6.45) is 6.94. The molecule has 1 aliphatic heterocycles. The average Bonchev–Trinajstić information content (AvgIpc) is 2.20. The molecule has 2 heterocycles. The summed E-state index contributed by atoms with van der Waals surface area (Å²) in [5, 5.41) is 0. The maximum absolute atomic E-state index is 5.62. The van der Waals surface area contributed by atoms with E-state index in [4.69, 9.17) is 4.74 Å². The Balaban J connectivity index is 2.18. The molecule has 1 aliphatic rings. The van der Waals surface area contributed by atoms with Crippen molar-refractivity contribution in [3.8, 4) is 0 Å². The zero-order valence-corrected chi connectivity index (χ0v) is 8.83. The minimum atomic E-state index is 0.158. The molecule has 1 aromatic heterocycles. The Morgan fingerprint density at radius 3 is 3.08 bits per heavy atom. The highest BCUT2D eigenvalue weighted by molar-refractivity contribution is 9.10. The van der Waals surface area contributed by atoms with Gasteiger partial charge in [-0.15, -0.1) is 0 Å². The van der Waals surface area contributed by atoms with Gasteiger partial charge in [0.25, 0.3) is 0 Å². The summed E-state index contributed by atoms with van der Waals surface area (Å²) >= 11 is 3.43. The third-order valence-corrected chi connectivity index (χ3v) is 2.79. The number of hydrogen-bond acceptors (Lipinski definition) is 3. The molecule has 1 fully saturated rings. The zero-order valence-electron chi connectivity index (χ0n) is 7.24. The molecule has 0 radical (unpaired) electrons. The largest absolute Gasteiger partial charge is 0.372 e. The van der Waals surface area contributed by atoms with Crippen LogP contribution < -0.4 is 0 Å².